The number of rotatable bonds is 8. The van der Waals surface area contributed by atoms with Crippen molar-refractivity contribution in [3.8, 4) is 5.69 Å². The van der Waals surface area contributed by atoms with Crippen molar-refractivity contribution in [3.05, 3.63) is 105 Å². The first-order valence-corrected chi connectivity index (χ1v) is 12.5. The molecule has 0 saturated heterocycles. The van der Waals surface area contributed by atoms with Gasteiger partial charge in [-0.3, -0.25) is 14.2 Å². The fourth-order valence-corrected chi connectivity index (χ4v) is 4.56. The number of aromatic nitrogens is 2. The number of nitrogens with zero attached hydrogens (tertiary/aromatic N) is 4. The van der Waals surface area contributed by atoms with Gasteiger partial charge in [-0.1, -0.05) is 48.9 Å². The largest absolute Gasteiger partial charge is 0.327 e. The van der Waals surface area contributed by atoms with Gasteiger partial charge < -0.3 is 9.80 Å². The molecule has 4 rings (SSSR count). The smallest absolute Gasteiger partial charge is 0.266 e. The molecule has 1 aromatic heterocycles. The highest BCUT2D eigenvalue weighted by Gasteiger charge is 2.30. The second-order valence-corrected chi connectivity index (χ2v) is 9.58. The Bertz CT molecular complexity index is 1430. The zero-order valence-corrected chi connectivity index (χ0v) is 21.9. The van der Waals surface area contributed by atoms with Gasteiger partial charge in [0.05, 0.1) is 22.6 Å². The van der Waals surface area contributed by atoms with Crippen molar-refractivity contribution < 1.29 is 4.79 Å². The Labute approximate surface area is 216 Å². The van der Waals surface area contributed by atoms with Crippen LogP contribution in [0.1, 0.15) is 41.1 Å². The van der Waals surface area contributed by atoms with Crippen LogP contribution in [0.25, 0.3) is 16.6 Å². The predicted molar refractivity (Wildman–Crippen MR) is 146 cm³/mol. The molecule has 0 fully saturated rings. The summed E-state index contributed by atoms with van der Waals surface area (Å²) in [4.78, 5) is 36.7. The Balaban J connectivity index is 1.95. The average molecular weight is 503 g/mol. The number of para-hydroxylation sites is 1. The van der Waals surface area contributed by atoms with Gasteiger partial charge in [0, 0.05) is 23.7 Å². The van der Waals surface area contributed by atoms with E-state index in [1.807, 2.05) is 92.3 Å². The van der Waals surface area contributed by atoms with Crippen LogP contribution in [0.5, 0.6) is 0 Å². The fraction of sp³-hybridized carbons (Fsp3) is 0.276. The molecule has 0 spiro atoms. The number of halogens is 1. The summed E-state index contributed by atoms with van der Waals surface area (Å²) in [6.45, 7) is 5.12. The molecular weight excluding hydrogens is 472 g/mol. The molecule has 186 valence electrons. The highest BCUT2D eigenvalue weighted by molar-refractivity contribution is 6.30. The van der Waals surface area contributed by atoms with Gasteiger partial charge in [0.2, 0.25) is 0 Å². The fourth-order valence-electron chi connectivity index (χ4n) is 4.43. The topological polar surface area (TPSA) is 58.4 Å². The van der Waals surface area contributed by atoms with Crippen LogP contribution in [0.3, 0.4) is 0 Å². The second kappa shape index (κ2) is 11.1. The molecule has 4 aromatic rings. The summed E-state index contributed by atoms with van der Waals surface area (Å²) in [5.74, 6) is 0.455. The molecule has 1 heterocycles. The Hall–Kier alpha value is -3.48. The lowest BCUT2D eigenvalue weighted by Gasteiger charge is -2.33. The lowest BCUT2D eigenvalue weighted by molar-refractivity contribution is 0.0643. The van der Waals surface area contributed by atoms with Crippen LogP contribution in [0.15, 0.2) is 77.6 Å². The first-order valence-electron chi connectivity index (χ1n) is 12.1. The van der Waals surface area contributed by atoms with Crippen LogP contribution in [-0.4, -0.2) is 52.4 Å². The third-order valence-electron chi connectivity index (χ3n) is 6.37. The Kier molecular flexibility index (Phi) is 7.87. The van der Waals surface area contributed by atoms with E-state index in [1.54, 1.807) is 22.8 Å². The molecule has 0 aliphatic carbocycles. The molecule has 0 aliphatic rings. The maximum Gasteiger partial charge on any atom is 0.266 e. The van der Waals surface area contributed by atoms with Gasteiger partial charge in [0.1, 0.15) is 5.82 Å². The average Bonchev–Trinajstić information content (AvgIpc) is 2.87. The monoisotopic (exact) mass is 502 g/mol. The van der Waals surface area contributed by atoms with Gasteiger partial charge >= 0.3 is 0 Å². The van der Waals surface area contributed by atoms with Crippen molar-refractivity contribution in [1.82, 2.24) is 19.4 Å². The van der Waals surface area contributed by atoms with Gasteiger partial charge in [-0.2, -0.15) is 0 Å². The van der Waals surface area contributed by atoms with Crippen molar-refractivity contribution in [3.63, 3.8) is 0 Å². The van der Waals surface area contributed by atoms with Crippen molar-refractivity contribution >= 4 is 28.4 Å². The summed E-state index contributed by atoms with van der Waals surface area (Å²) >= 11 is 6.15. The zero-order chi connectivity index (χ0) is 25.8. The van der Waals surface area contributed by atoms with Crippen molar-refractivity contribution in [1.29, 1.82) is 0 Å². The third-order valence-corrected chi connectivity index (χ3v) is 6.62. The van der Waals surface area contributed by atoms with E-state index in [4.69, 9.17) is 16.6 Å². The van der Waals surface area contributed by atoms with Crippen LogP contribution >= 0.6 is 11.6 Å². The van der Waals surface area contributed by atoms with Crippen LogP contribution in [-0.2, 0) is 0 Å². The second-order valence-electron chi connectivity index (χ2n) is 9.14. The van der Waals surface area contributed by atoms with E-state index in [2.05, 4.69) is 0 Å². The highest BCUT2D eigenvalue weighted by atomic mass is 35.5. The summed E-state index contributed by atoms with van der Waals surface area (Å²) in [6.07, 6.45) is 0.587. The van der Waals surface area contributed by atoms with Gasteiger partial charge in [0.25, 0.3) is 11.5 Å². The van der Waals surface area contributed by atoms with Crippen molar-refractivity contribution in [2.24, 2.45) is 0 Å². The summed E-state index contributed by atoms with van der Waals surface area (Å²) in [5, 5.41) is 1.10. The van der Waals surface area contributed by atoms with Gasteiger partial charge in [0.15, 0.2) is 0 Å². The van der Waals surface area contributed by atoms with E-state index in [0.717, 1.165) is 5.56 Å². The molecule has 3 aromatic carbocycles. The third kappa shape index (κ3) is 5.20. The molecule has 36 heavy (non-hydrogen) atoms. The summed E-state index contributed by atoms with van der Waals surface area (Å²) < 4.78 is 1.63. The van der Waals surface area contributed by atoms with Crippen molar-refractivity contribution in [2.75, 3.05) is 27.2 Å². The number of fused-ring (bicyclic) bond motifs is 1. The van der Waals surface area contributed by atoms with Gasteiger partial charge in [-0.05, 0) is 75.5 Å². The molecule has 0 radical (unpaired) electrons. The molecule has 0 saturated carbocycles. The molecule has 0 aliphatic heterocycles. The van der Waals surface area contributed by atoms with Crippen LogP contribution in [0.2, 0.25) is 5.02 Å². The van der Waals surface area contributed by atoms with E-state index < -0.39 is 6.04 Å². The Morgan fingerprint density at radius 1 is 0.972 bits per heavy atom. The Morgan fingerprint density at radius 2 is 1.64 bits per heavy atom. The lowest BCUT2D eigenvalue weighted by Crippen LogP contribution is -2.42. The highest BCUT2D eigenvalue weighted by Crippen LogP contribution is 2.28. The predicted octanol–water partition coefficient (Wildman–Crippen LogP) is 5.50. The van der Waals surface area contributed by atoms with E-state index in [9.17, 15) is 9.59 Å². The normalized spacial score (nSPS) is 12.2. The molecule has 7 heteroatoms. The van der Waals surface area contributed by atoms with Crippen LogP contribution in [0.4, 0.5) is 0 Å². The first-order chi connectivity index (χ1) is 17.3. The number of benzene rings is 3. The van der Waals surface area contributed by atoms with Crippen LogP contribution in [0, 0.1) is 6.92 Å². The van der Waals surface area contributed by atoms with Crippen LogP contribution < -0.4 is 5.56 Å². The SMILES string of the molecule is CCC(c1nc2ccccc2c(=O)n1-c1ccc(Cl)cc1)N(CCN(C)C)C(=O)c1ccccc1C. The summed E-state index contributed by atoms with van der Waals surface area (Å²) in [6, 6.07) is 21.6. The van der Waals surface area contributed by atoms with E-state index in [-0.39, 0.29) is 11.5 Å². The number of hydrogen-bond donors (Lipinski definition) is 0. The molecule has 1 atom stereocenters. The molecule has 1 amide bonds. The molecule has 6 nitrogen and oxygen atoms in total. The standard InChI is InChI=1S/C29H31ClN4O2/c1-5-26(33(19-18-32(3)4)28(35)23-11-7-6-10-20(23)2)27-31-25-13-9-8-12-24(25)29(36)34(27)22-16-14-21(30)15-17-22/h6-17,26H,5,18-19H2,1-4H3. The van der Waals surface area contributed by atoms with E-state index in [0.29, 0.717) is 52.5 Å². The van der Waals surface area contributed by atoms with Gasteiger partial charge in [-0.25, -0.2) is 4.98 Å². The van der Waals surface area contributed by atoms with Gasteiger partial charge in [-0.15, -0.1) is 0 Å². The number of hydrogen-bond acceptors (Lipinski definition) is 4. The van der Waals surface area contributed by atoms with Crippen molar-refractivity contribution in [2.45, 2.75) is 26.3 Å². The minimum Gasteiger partial charge on any atom is -0.327 e. The number of carbonyl (C=O) groups is 1. The van der Waals surface area contributed by atoms with E-state index >= 15 is 0 Å². The summed E-state index contributed by atoms with van der Waals surface area (Å²) in [5.41, 5.74) is 2.65. The molecule has 0 bridgehead atoms. The van der Waals surface area contributed by atoms with E-state index in [1.165, 1.54) is 0 Å². The molecule has 1 unspecified atom stereocenters. The number of carbonyl (C=O) groups excluding carboxylic acids is 1. The summed E-state index contributed by atoms with van der Waals surface area (Å²) in [7, 11) is 3.96. The minimum absolute atomic E-state index is 0.0770. The molecule has 0 N–H and O–H groups in total. The number of amides is 1. The number of aryl methyl sites for hydroxylation is 1. The zero-order valence-electron chi connectivity index (χ0n) is 21.1. The number of likely N-dealkylation sites (N-methyl/N-ethyl adjacent to an activating group) is 1. The minimum atomic E-state index is -0.426. The Morgan fingerprint density at radius 3 is 2.31 bits per heavy atom. The molecular formula is C29H31ClN4O2. The maximum absolute atomic E-state index is 14.0. The quantitative estimate of drug-likeness (QED) is 0.319. The first kappa shape index (κ1) is 25.6. The lowest BCUT2D eigenvalue weighted by atomic mass is 10.0. The maximum atomic E-state index is 14.0.